The normalized spacial score (nSPS) is 11.3. The maximum atomic E-state index is 5.63. The van der Waals surface area contributed by atoms with Crippen molar-refractivity contribution in [2.24, 2.45) is 0 Å². The molecule has 3 rings (SSSR count). The molecule has 0 aliphatic carbocycles. The summed E-state index contributed by atoms with van der Waals surface area (Å²) in [5, 5.41) is 4.92. The highest BCUT2D eigenvalue weighted by molar-refractivity contribution is 5.84. The van der Waals surface area contributed by atoms with E-state index >= 15 is 0 Å². The summed E-state index contributed by atoms with van der Waals surface area (Å²) in [5.74, 6) is 0. The third kappa shape index (κ3) is 5.69. The van der Waals surface area contributed by atoms with Crippen LogP contribution in [0.1, 0.15) is 42.9 Å². The number of nitrogens with one attached hydrogen (secondary N) is 1. The standard InChI is InChI=1S/C24H32N2O/c1-3-4-14-27-15-8-13-25-17-22-19-26(24-12-6-5-11-23(22)24)18-21-10-7-9-20(2)16-21/h5-7,9-12,16,19,25H,3-4,8,13-15,17-18H2,1-2H3. The second kappa shape index (κ2) is 10.3. The Morgan fingerprint density at radius 1 is 1.00 bits per heavy atom. The van der Waals surface area contributed by atoms with E-state index in [1.165, 1.54) is 34.0 Å². The number of para-hydroxylation sites is 1. The Labute approximate surface area is 163 Å². The summed E-state index contributed by atoms with van der Waals surface area (Å²) in [7, 11) is 0. The summed E-state index contributed by atoms with van der Waals surface area (Å²) in [4.78, 5) is 0. The molecule has 3 aromatic rings. The first-order chi connectivity index (χ1) is 13.3. The highest BCUT2D eigenvalue weighted by atomic mass is 16.5. The predicted octanol–water partition coefficient (Wildman–Crippen LogP) is 5.29. The molecule has 0 spiro atoms. The SMILES string of the molecule is CCCCOCCCNCc1cn(Cc2cccc(C)c2)c2ccccc12. The highest BCUT2D eigenvalue weighted by Crippen LogP contribution is 2.22. The molecule has 2 aromatic carbocycles. The summed E-state index contributed by atoms with van der Waals surface area (Å²) in [6.45, 7) is 8.89. The van der Waals surface area contributed by atoms with Crippen molar-refractivity contribution in [2.75, 3.05) is 19.8 Å². The topological polar surface area (TPSA) is 26.2 Å². The van der Waals surface area contributed by atoms with Gasteiger partial charge in [-0.15, -0.1) is 0 Å². The molecule has 144 valence electrons. The van der Waals surface area contributed by atoms with Crippen molar-refractivity contribution in [3.05, 3.63) is 71.4 Å². The van der Waals surface area contributed by atoms with Gasteiger partial charge in [0.05, 0.1) is 0 Å². The van der Waals surface area contributed by atoms with Crippen molar-refractivity contribution >= 4 is 10.9 Å². The van der Waals surface area contributed by atoms with Gasteiger partial charge < -0.3 is 14.6 Å². The van der Waals surface area contributed by atoms with Crippen LogP contribution in [0.25, 0.3) is 10.9 Å². The number of unbranched alkanes of at least 4 members (excludes halogenated alkanes) is 1. The minimum atomic E-state index is 0.849. The van der Waals surface area contributed by atoms with Gasteiger partial charge in [0.2, 0.25) is 0 Å². The molecule has 0 unspecified atom stereocenters. The molecule has 0 saturated heterocycles. The Balaban J connectivity index is 1.59. The van der Waals surface area contributed by atoms with Gasteiger partial charge in [-0.1, -0.05) is 61.4 Å². The molecule has 0 fully saturated rings. The first-order valence-electron chi connectivity index (χ1n) is 10.2. The van der Waals surface area contributed by atoms with Gasteiger partial charge in [-0.05, 0) is 43.5 Å². The monoisotopic (exact) mass is 364 g/mol. The van der Waals surface area contributed by atoms with Gasteiger partial charge in [-0.2, -0.15) is 0 Å². The molecule has 0 amide bonds. The van der Waals surface area contributed by atoms with Gasteiger partial charge in [0.25, 0.3) is 0 Å². The lowest BCUT2D eigenvalue weighted by molar-refractivity contribution is 0.129. The van der Waals surface area contributed by atoms with Crippen LogP contribution in [0.15, 0.2) is 54.7 Å². The molecule has 0 radical (unpaired) electrons. The predicted molar refractivity (Wildman–Crippen MR) is 114 cm³/mol. The number of nitrogens with zero attached hydrogens (tertiary/aromatic N) is 1. The van der Waals surface area contributed by atoms with Gasteiger partial charge in [0.15, 0.2) is 0 Å². The van der Waals surface area contributed by atoms with Gasteiger partial charge in [-0.3, -0.25) is 0 Å². The number of hydrogen-bond donors (Lipinski definition) is 1. The Morgan fingerprint density at radius 2 is 1.85 bits per heavy atom. The van der Waals surface area contributed by atoms with Crippen molar-refractivity contribution in [2.45, 2.75) is 46.2 Å². The van der Waals surface area contributed by atoms with Gasteiger partial charge in [0.1, 0.15) is 0 Å². The van der Waals surface area contributed by atoms with Crippen molar-refractivity contribution in [3.8, 4) is 0 Å². The van der Waals surface area contributed by atoms with Crippen molar-refractivity contribution < 1.29 is 4.74 Å². The van der Waals surface area contributed by atoms with Crippen molar-refractivity contribution in [1.82, 2.24) is 9.88 Å². The average Bonchev–Trinajstić information content (AvgIpc) is 3.02. The quantitative estimate of drug-likeness (QED) is 0.468. The number of fused-ring (bicyclic) bond motifs is 1. The smallest absolute Gasteiger partial charge is 0.0486 e. The number of hydrogen-bond acceptors (Lipinski definition) is 2. The lowest BCUT2D eigenvalue weighted by Crippen LogP contribution is -2.16. The van der Waals surface area contributed by atoms with E-state index in [-0.39, 0.29) is 0 Å². The van der Waals surface area contributed by atoms with Crippen molar-refractivity contribution in [1.29, 1.82) is 0 Å². The Kier molecular flexibility index (Phi) is 7.49. The largest absolute Gasteiger partial charge is 0.381 e. The number of rotatable bonds is 11. The van der Waals surface area contributed by atoms with Crippen LogP contribution < -0.4 is 5.32 Å². The van der Waals surface area contributed by atoms with Crippen LogP contribution in [0, 0.1) is 6.92 Å². The molecule has 0 bridgehead atoms. The summed E-state index contributed by atoms with van der Waals surface area (Å²) in [5.41, 5.74) is 5.33. The van der Waals surface area contributed by atoms with E-state index in [1.807, 2.05) is 0 Å². The van der Waals surface area contributed by atoms with Crippen LogP contribution in [0.5, 0.6) is 0 Å². The lowest BCUT2D eigenvalue weighted by Gasteiger charge is -2.06. The molecule has 0 atom stereocenters. The molecule has 3 heteroatoms. The first-order valence-corrected chi connectivity index (χ1v) is 10.2. The van der Waals surface area contributed by atoms with E-state index in [9.17, 15) is 0 Å². The van der Waals surface area contributed by atoms with Gasteiger partial charge >= 0.3 is 0 Å². The van der Waals surface area contributed by atoms with Crippen LogP contribution in [-0.2, 0) is 17.8 Å². The average molecular weight is 365 g/mol. The zero-order chi connectivity index (χ0) is 18.9. The summed E-state index contributed by atoms with van der Waals surface area (Å²) < 4.78 is 8.00. The summed E-state index contributed by atoms with van der Waals surface area (Å²) in [6, 6.07) is 17.5. The maximum Gasteiger partial charge on any atom is 0.0486 e. The van der Waals surface area contributed by atoms with Crippen LogP contribution in [0.2, 0.25) is 0 Å². The Bertz CT molecular complexity index is 837. The number of aryl methyl sites for hydroxylation is 1. The Morgan fingerprint density at radius 3 is 2.70 bits per heavy atom. The molecule has 1 aromatic heterocycles. The second-order valence-corrected chi connectivity index (χ2v) is 7.28. The summed E-state index contributed by atoms with van der Waals surface area (Å²) >= 11 is 0. The second-order valence-electron chi connectivity index (χ2n) is 7.28. The fraction of sp³-hybridized carbons (Fsp3) is 0.417. The number of ether oxygens (including phenoxy) is 1. The van der Waals surface area contributed by atoms with E-state index < -0.39 is 0 Å². The molecule has 0 saturated carbocycles. The molecule has 1 N–H and O–H groups in total. The molecule has 27 heavy (non-hydrogen) atoms. The lowest BCUT2D eigenvalue weighted by atomic mass is 10.1. The minimum absolute atomic E-state index is 0.849. The first kappa shape index (κ1) is 19.7. The molecule has 3 nitrogen and oxygen atoms in total. The van der Waals surface area contributed by atoms with E-state index in [1.54, 1.807) is 0 Å². The molecular formula is C24H32N2O. The summed E-state index contributed by atoms with van der Waals surface area (Å²) in [6.07, 6.45) is 5.72. The molecule has 0 aliphatic heterocycles. The van der Waals surface area contributed by atoms with E-state index in [2.05, 4.69) is 78.5 Å². The minimum Gasteiger partial charge on any atom is -0.381 e. The van der Waals surface area contributed by atoms with E-state index in [0.29, 0.717) is 0 Å². The van der Waals surface area contributed by atoms with Crippen molar-refractivity contribution in [3.63, 3.8) is 0 Å². The van der Waals surface area contributed by atoms with Crippen LogP contribution in [-0.4, -0.2) is 24.3 Å². The molecule has 0 aliphatic rings. The fourth-order valence-electron chi connectivity index (χ4n) is 3.47. The number of aromatic nitrogens is 1. The van der Waals surface area contributed by atoms with Crippen LogP contribution >= 0.6 is 0 Å². The zero-order valence-corrected chi connectivity index (χ0v) is 16.7. The Hall–Kier alpha value is -2.10. The van der Waals surface area contributed by atoms with Crippen LogP contribution in [0.3, 0.4) is 0 Å². The number of benzene rings is 2. The van der Waals surface area contributed by atoms with Gasteiger partial charge in [-0.25, -0.2) is 0 Å². The van der Waals surface area contributed by atoms with E-state index in [0.717, 1.165) is 45.7 Å². The molecular weight excluding hydrogens is 332 g/mol. The third-order valence-corrected chi connectivity index (χ3v) is 4.91. The fourth-order valence-corrected chi connectivity index (χ4v) is 3.47. The highest BCUT2D eigenvalue weighted by Gasteiger charge is 2.08. The zero-order valence-electron chi connectivity index (χ0n) is 16.7. The maximum absolute atomic E-state index is 5.63. The third-order valence-electron chi connectivity index (χ3n) is 4.91. The molecule has 1 heterocycles. The van der Waals surface area contributed by atoms with Gasteiger partial charge in [0, 0.05) is 43.4 Å². The van der Waals surface area contributed by atoms with Crippen LogP contribution in [0.4, 0.5) is 0 Å². The van der Waals surface area contributed by atoms with E-state index in [4.69, 9.17) is 4.74 Å².